The van der Waals surface area contributed by atoms with Crippen LogP contribution in [-0.4, -0.2) is 33.6 Å². The Morgan fingerprint density at radius 1 is 1.50 bits per heavy atom. The van der Waals surface area contributed by atoms with Crippen molar-refractivity contribution in [2.75, 3.05) is 12.5 Å². The minimum absolute atomic E-state index is 0.123. The van der Waals surface area contributed by atoms with Gasteiger partial charge in [-0.15, -0.1) is 0 Å². The van der Waals surface area contributed by atoms with E-state index in [9.17, 15) is 9.59 Å². The Hall–Kier alpha value is -0.620. The average molecular weight is 233 g/mol. The van der Waals surface area contributed by atoms with Crippen LogP contribution in [0.5, 0.6) is 0 Å². The van der Waals surface area contributed by atoms with E-state index in [2.05, 4.69) is 0 Å². The summed E-state index contributed by atoms with van der Waals surface area (Å²) >= 11 is 6.06. The number of thiocarbonyl (C=S) groups is 1. The summed E-state index contributed by atoms with van der Waals surface area (Å²) in [7, 11) is 0. The SMILES string of the molecule is CCOC(=S)SCN1C(=O)CCC1=O. The van der Waals surface area contributed by atoms with Gasteiger partial charge in [-0.1, -0.05) is 11.8 Å². The third-order valence-electron chi connectivity index (χ3n) is 1.73. The standard InChI is InChI=1S/C8H11NO3S2/c1-2-12-8(13)14-5-9-6(10)3-4-7(9)11/h2-5H2,1H3. The van der Waals surface area contributed by atoms with Crippen LogP contribution in [0.4, 0.5) is 0 Å². The highest BCUT2D eigenvalue weighted by Crippen LogP contribution is 2.16. The molecule has 0 unspecified atom stereocenters. The number of nitrogens with zero attached hydrogens (tertiary/aromatic N) is 1. The van der Waals surface area contributed by atoms with E-state index < -0.39 is 0 Å². The second-order valence-electron chi connectivity index (χ2n) is 2.67. The summed E-state index contributed by atoms with van der Waals surface area (Å²) in [4.78, 5) is 23.5. The number of amides is 2. The van der Waals surface area contributed by atoms with Gasteiger partial charge in [0.25, 0.3) is 0 Å². The lowest BCUT2D eigenvalue weighted by atomic mass is 10.4. The lowest BCUT2D eigenvalue weighted by Gasteiger charge is -2.12. The number of carbonyl (C=O) groups is 2. The van der Waals surface area contributed by atoms with E-state index >= 15 is 0 Å². The van der Waals surface area contributed by atoms with Gasteiger partial charge in [-0.3, -0.25) is 14.5 Å². The van der Waals surface area contributed by atoms with E-state index in [1.807, 2.05) is 6.92 Å². The molecule has 0 atom stereocenters. The number of thioether (sulfide) groups is 1. The summed E-state index contributed by atoms with van der Waals surface area (Å²) in [5, 5.41) is 0. The maximum Gasteiger partial charge on any atom is 0.230 e. The van der Waals surface area contributed by atoms with Crippen molar-refractivity contribution in [1.29, 1.82) is 0 Å². The first-order valence-corrected chi connectivity index (χ1v) is 5.67. The minimum atomic E-state index is -0.123. The normalized spacial score (nSPS) is 16.2. The highest BCUT2D eigenvalue weighted by Gasteiger charge is 2.28. The van der Waals surface area contributed by atoms with Crippen molar-refractivity contribution in [3.05, 3.63) is 0 Å². The molecular formula is C8H11NO3S2. The van der Waals surface area contributed by atoms with Crippen molar-refractivity contribution in [3.63, 3.8) is 0 Å². The first kappa shape index (κ1) is 11.5. The van der Waals surface area contributed by atoms with Gasteiger partial charge in [0.1, 0.15) is 0 Å². The van der Waals surface area contributed by atoms with Gasteiger partial charge >= 0.3 is 0 Å². The van der Waals surface area contributed by atoms with Crippen LogP contribution in [0.3, 0.4) is 0 Å². The Labute approximate surface area is 92.0 Å². The number of rotatable bonds is 3. The lowest BCUT2D eigenvalue weighted by molar-refractivity contribution is -0.137. The van der Waals surface area contributed by atoms with Crippen LogP contribution in [0.2, 0.25) is 0 Å². The molecule has 14 heavy (non-hydrogen) atoms. The molecule has 78 valence electrons. The fourth-order valence-electron chi connectivity index (χ4n) is 1.04. The zero-order valence-corrected chi connectivity index (χ0v) is 9.45. The topological polar surface area (TPSA) is 46.6 Å². The van der Waals surface area contributed by atoms with Gasteiger partial charge in [0.15, 0.2) is 0 Å². The van der Waals surface area contributed by atoms with Crippen LogP contribution >= 0.6 is 24.0 Å². The molecule has 1 heterocycles. The largest absolute Gasteiger partial charge is 0.479 e. The molecular weight excluding hydrogens is 222 g/mol. The predicted octanol–water partition coefficient (Wildman–Crippen LogP) is 1.15. The van der Waals surface area contributed by atoms with Gasteiger partial charge in [0.2, 0.25) is 16.2 Å². The molecule has 1 rings (SSSR count). The second-order valence-corrected chi connectivity index (χ2v) is 4.22. The molecule has 1 aliphatic rings. The monoisotopic (exact) mass is 233 g/mol. The summed E-state index contributed by atoms with van der Waals surface area (Å²) in [6, 6.07) is 0. The van der Waals surface area contributed by atoms with Gasteiger partial charge in [0.05, 0.1) is 12.5 Å². The van der Waals surface area contributed by atoms with E-state index in [1.54, 1.807) is 0 Å². The molecule has 6 heteroatoms. The molecule has 0 aliphatic carbocycles. The van der Waals surface area contributed by atoms with Crippen molar-refractivity contribution in [2.45, 2.75) is 19.8 Å². The molecule has 0 N–H and O–H groups in total. The van der Waals surface area contributed by atoms with Crippen LogP contribution in [0, 0.1) is 0 Å². The molecule has 0 bridgehead atoms. The first-order valence-electron chi connectivity index (χ1n) is 4.28. The van der Waals surface area contributed by atoms with Gasteiger partial charge < -0.3 is 4.74 Å². The average Bonchev–Trinajstić information content (AvgIpc) is 2.44. The summed E-state index contributed by atoms with van der Waals surface area (Å²) in [5.74, 6) is 0.0276. The van der Waals surface area contributed by atoms with Gasteiger partial charge in [-0.25, -0.2) is 0 Å². The fourth-order valence-corrected chi connectivity index (χ4v) is 2.04. The Balaban J connectivity index is 2.33. The van der Waals surface area contributed by atoms with Crippen molar-refractivity contribution in [1.82, 2.24) is 4.90 Å². The molecule has 0 aromatic heterocycles. The van der Waals surface area contributed by atoms with Crippen molar-refractivity contribution < 1.29 is 14.3 Å². The summed E-state index contributed by atoms with van der Waals surface area (Å²) in [6.45, 7) is 2.34. The van der Waals surface area contributed by atoms with E-state index in [4.69, 9.17) is 17.0 Å². The maximum atomic E-state index is 11.2. The van der Waals surface area contributed by atoms with Crippen LogP contribution in [0.1, 0.15) is 19.8 Å². The van der Waals surface area contributed by atoms with Crippen LogP contribution in [-0.2, 0) is 14.3 Å². The van der Waals surface area contributed by atoms with Crippen molar-refractivity contribution >= 4 is 40.2 Å². The molecule has 0 spiro atoms. The third kappa shape index (κ3) is 2.95. The number of imide groups is 1. The zero-order valence-electron chi connectivity index (χ0n) is 7.82. The van der Waals surface area contributed by atoms with E-state index in [0.29, 0.717) is 23.8 Å². The van der Waals surface area contributed by atoms with Crippen LogP contribution < -0.4 is 0 Å². The number of hydrogen-bond donors (Lipinski definition) is 0. The molecule has 0 radical (unpaired) electrons. The van der Waals surface area contributed by atoms with Crippen molar-refractivity contribution in [2.24, 2.45) is 0 Å². The van der Waals surface area contributed by atoms with Gasteiger partial charge in [-0.2, -0.15) is 0 Å². The quantitative estimate of drug-likeness (QED) is 0.540. The minimum Gasteiger partial charge on any atom is -0.479 e. The number of ether oxygens (including phenoxy) is 1. The Morgan fingerprint density at radius 3 is 2.57 bits per heavy atom. The summed E-state index contributed by atoms with van der Waals surface area (Å²) in [6.07, 6.45) is 0.640. The molecule has 0 aromatic carbocycles. The lowest BCUT2D eigenvalue weighted by Crippen LogP contribution is -2.29. The van der Waals surface area contributed by atoms with Crippen LogP contribution in [0.15, 0.2) is 0 Å². The highest BCUT2D eigenvalue weighted by molar-refractivity contribution is 8.22. The molecule has 1 fully saturated rings. The van der Waals surface area contributed by atoms with E-state index in [1.165, 1.54) is 16.7 Å². The van der Waals surface area contributed by atoms with Crippen LogP contribution in [0.25, 0.3) is 0 Å². The number of carbonyl (C=O) groups excluding carboxylic acids is 2. The molecule has 1 aliphatic heterocycles. The Bertz CT molecular complexity index is 251. The number of hydrogen-bond acceptors (Lipinski definition) is 5. The highest BCUT2D eigenvalue weighted by atomic mass is 32.2. The Kier molecular flexibility index (Phi) is 4.34. The van der Waals surface area contributed by atoms with E-state index in [-0.39, 0.29) is 17.7 Å². The molecule has 0 aromatic rings. The second kappa shape index (κ2) is 5.31. The predicted molar refractivity (Wildman–Crippen MR) is 57.8 cm³/mol. The van der Waals surface area contributed by atoms with Gasteiger partial charge in [0, 0.05) is 12.8 Å². The fraction of sp³-hybridized carbons (Fsp3) is 0.625. The van der Waals surface area contributed by atoms with Gasteiger partial charge in [-0.05, 0) is 19.1 Å². The number of likely N-dealkylation sites (tertiary alicyclic amines) is 1. The first-order chi connectivity index (χ1) is 6.65. The zero-order chi connectivity index (χ0) is 10.6. The Morgan fingerprint density at radius 2 is 2.07 bits per heavy atom. The third-order valence-corrected chi connectivity index (χ3v) is 2.94. The molecule has 1 saturated heterocycles. The molecule has 0 saturated carbocycles. The summed E-state index contributed by atoms with van der Waals surface area (Å²) < 4.78 is 5.39. The smallest absolute Gasteiger partial charge is 0.230 e. The van der Waals surface area contributed by atoms with Crippen molar-refractivity contribution in [3.8, 4) is 0 Å². The molecule has 4 nitrogen and oxygen atoms in total. The maximum absolute atomic E-state index is 11.2. The summed E-state index contributed by atoms with van der Waals surface area (Å²) in [5.41, 5.74) is 0. The molecule has 2 amide bonds. The van der Waals surface area contributed by atoms with E-state index in [0.717, 1.165) is 0 Å².